The van der Waals surface area contributed by atoms with Crippen LogP contribution in [0.15, 0.2) is 37.2 Å². The van der Waals surface area contributed by atoms with Gasteiger partial charge in [0.2, 0.25) is 0 Å². The number of benzene rings is 1. The number of allylic oxidation sites excluding steroid dienone is 1. The second kappa shape index (κ2) is 4.23. The van der Waals surface area contributed by atoms with Gasteiger partial charge < -0.3 is 0 Å². The second-order valence-corrected chi connectivity index (χ2v) is 3.46. The van der Waals surface area contributed by atoms with Crippen LogP contribution in [0.3, 0.4) is 0 Å². The van der Waals surface area contributed by atoms with Gasteiger partial charge in [0.15, 0.2) is 0 Å². The Morgan fingerprint density at radius 1 is 1.47 bits per heavy atom. The number of rotatable bonds is 3. The van der Waals surface area contributed by atoms with Crippen molar-refractivity contribution >= 4 is 11.6 Å². The van der Waals surface area contributed by atoms with Gasteiger partial charge in [-0.2, -0.15) is 0 Å². The van der Waals surface area contributed by atoms with Gasteiger partial charge >= 0.3 is 0 Å². The summed E-state index contributed by atoms with van der Waals surface area (Å²) in [6.07, 6.45) is 4.10. The molecule has 0 aliphatic rings. The first kappa shape index (κ1) is 9.86. The zero-order valence-electron chi connectivity index (χ0n) is 7.97. The van der Waals surface area contributed by atoms with Crippen molar-refractivity contribution in [1.82, 2.24) is 20.2 Å². The summed E-state index contributed by atoms with van der Waals surface area (Å²) in [5, 5.41) is 11.7. The molecule has 76 valence electrons. The highest BCUT2D eigenvalue weighted by atomic mass is 35.5. The molecule has 0 saturated heterocycles. The minimum Gasteiger partial charge on any atom is -0.200 e. The van der Waals surface area contributed by atoms with Crippen molar-refractivity contribution in [2.45, 2.75) is 6.42 Å². The SMILES string of the molecule is C=CCc1cc(Cl)ccc1-n1cnnn1. The number of halogens is 1. The predicted molar refractivity (Wildman–Crippen MR) is 58.1 cm³/mol. The molecule has 2 rings (SSSR count). The Balaban J connectivity index is 2.50. The molecule has 0 spiro atoms. The van der Waals surface area contributed by atoms with E-state index in [1.54, 1.807) is 11.0 Å². The minimum atomic E-state index is 0.698. The molecule has 1 heterocycles. The topological polar surface area (TPSA) is 43.6 Å². The Morgan fingerprint density at radius 2 is 2.33 bits per heavy atom. The zero-order valence-corrected chi connectivity index (χ0v) is 8.72. The van der Waals surface area contributed by atoms with Gasteiger partial charge in [0.25, 0.3) is 0 Å². The lowest BCUT2D eigenvalue weighted by Crippen LogP contribution is -2.00. The van der Waals surface area contributed by atoms with Gasteiger partial charge in [0.1, 0.15) is 6.33 Å². The summed E-state index contributed by atoms with van der Waals surface area (Å²) in [5.41, 5.74) is 1.97. The first-order valence-electron chi connectivity index (χ1n) is 4.44. The molecule has 4 nitrogen and oxygen atoms in total. The Bertz CT molecular complexity index is 464. The van der Waals surface area contributed by atoms with E-state index in [-0.39, 0.29) is 0 Å². The van der Waals surface area contributed by atoms with E-state index in [2.05, 4.69) is 22.1 Å². The van der Waals surface area contributed by atoms with Crippen molar-refractivity contribution in [3.8, 4) is 5.69 Å². The molecule has 0 atom stereocenters. The van der Waals surface area contributed by atoms with E-state index in [0.717, 1.165) is 17.7 Å². The fourth-order valence-corrected chi connectivity index (χ4v) is 1.56. The maximum Gasteiger partial charge on any atom is 0.143 e. The van der Waals surface area contributed by atoms with E-state index < -0.39 is 0 Å². The van der Waals surface area contributed by atoms with E-state index >= 15 is 0 Å². The van der Waals surface area contributed by atoms with Crippen molar-refractivity contribution in [1.29, 1.82) is 0 Å². The van der Waals surface area contributed by atoms with Crippen molar-refractivity contribution in [2.24, 2.45) is 0 Å². The molecular formula is C10H9ClN4. The molecule has 0 radical (unpaired) electrons. The summed E-state index contributed by atoms with van der Waals surface area (Å²) in [5.74, 6) is 0. The Labute approximate surface area is 92.2 Å². The van der Waals surface area contributed by atoms with E-state index in [4.69, 9.17) is 11.6 Å². The molecule has 0 saturated carbocycles. The van der Waals surface area contributed by atoms with Gasteiger partial charge in [-0.05, 0) is 40.6 Å². The molecule has 0 aliphatic carbocycles. The van der Waals surface area contributed by atoms with Crippen molar-refractivity contribution in [2.75, 3.05) is 0 Å². The van der Waals surface area contributed by atoms with Crippen LogP contribution in [0.1, 0.15) is 5.56 Å². The quantitative estimate of drug-likeness (QED) is 0.744. The van der Waals surface area contributed by atoms with E-state index in [0.29, 0.717) is 5.02 Å². The smallest absolute Gasteiger partial charge is 0.143 e. The third-order valence-corrected chi connectivity index (χ3v) is 2.24. The molecule has 0 unspecified atom stereocenters. The summed E-state index contributed by atoms with van der Waals surface area (Å²) in [4.78, 5) is 0. The van der Waals surface area contributed by atoms with Crippen molar-refractivity contribution in [3.63, 3.8) is 0 Å². The van der Waals surface area contributed by atoms with Crippen LogP contribution in [0.4, 0.5) is 0 Å². The summed E-state index contributed by atoms with van der Waals surface area (Å²) < 4.78 is 1.61. The summed E-state index contributed by atoms with van der Waals surface area (Å²) >= 11 is 5.92. The molecule has 0 bridgehead atoms. The predicted octanol–water partition coefficient (Wildman–Crippen LogP) is 2.04. The molecular weight excluding hydrogens is 212 g/mol. The minimum absolute atomic E-state index is 0.698. The lowest BCUT2D eigenvalue weighted by atomic mass is 10.1. The highest BCUT2D eigenvalue weighted by Crippen LogP contribution is 2.19. The van der Waals surface area contributed by atoms with Gasteiger partial charge in [0, 0.05) is 5.02 Å². The van der Waals surface area contributed by atoms with Crippen LogP contribution in [0.25, 0.3) is 5.69 Å². The molecule has 1 aromatic heterocycles. The number of hydrogen-bond donors (Lipinski definition) is 0. The molecule has 5 heteroatoms. The number of nitrogens with zero attached hydrogens (tertiary/aromatic N) is 4. The Morgan fingerprint density at radius 3 is 3.00 bits per heavy atom. The highest BCUT2D eigenvalue weighted by Gasteiger charge is 2.05. The standard InChI is InChI=1S/C10H9ClN4/c1-2-3-8-6-9(11)4-5-10(8)15-7-12-13-14-15/h2,4-7H,1,3H2. The second-order valence-electron chi connectivity index (χ2n) is 3.02. The summed E-state index contributed by atoms with van der Waals surface area (Å²) in [7, 11) is 0. The van der Waals surface area contributed by atoms with Gasteiger partial charge in [-0.25, -0.2) is 4.68 Å². The maximum absolute atomic E-state index is 5.92. The lowest BCUT2D eigenvalue weighted by molar-refractivity contribution is 0.783. The van der Waals surface area contributed by atoms with Crippen LogP contribution in [0.2, 0.25) is 5.02 Å². The third-order valence-electron chi connectivity index (χ3n) is 2.00. The normalized spacial score (nSPS) is 10.2. The lowest BCUT2D eigenvalue weighted by Gasteiger charge is -2.06. The van der Waals surface area contributed by atoms with Crippen LogP contribution in [0.5, 0.6) is 0 Å². The molecule has 0 fully saturated rings. The fraction of sp³-hybridized carbons (Fsp3) is 0.100. The molecule has 0 aliphatic heterocycles. The number of aromatic nitrogens is 4. The summed E-state index contributed by atoms with van der Waals surface area (Å²) in [6, 6.07) is 5.59. The van der Waals surface area contributed by atoms with Crippen LogP contribution in [-0.4, -0.2) is 20.2 Å². The molecule has 2 aromatic rings. The van der Waals surface area contributed by atoms with Crippen LogP contribution in [-0.2, 0) is 6.42 Å². The Kier molecular flexibility index (Phi) is 2.78. The maximum atomic E-state index is 5.92. The number of hydrogen-bond acceptors (Lipinski definition) is 3. The van der Waals surface area contributed by atoms with Gasteiger partial charge in [0.05, 0.1) is 5.69 Å². The zero-order chi connectivity index (χ0) is 10.7. The first-order valence-corrected chi connectivity index (χ1v) is 4.82. The largest absolute Gasteiger partial charge is 0.200 e. The molecule has 15 heavy (non-hydrogen) atoms. The Hall–Kier alpha value is -1.68. The van der Waals surface area contributed by atoms with Crippen molar-refractivity contribution in [3.05, 3.63) is 47.8 Å². The van der Waals surface area contributed by atoms with Crippen LogP contribution >= 0.6 is 11.6 Å². The summed E-state index contributed by atoms with van der Waals surface area (Å²) in [6.45, 7) is 3.70. The first-order chi connectivity index (χ1) is 7.31. The van der Waals surface area contributed by atoms with E-state index in [1.165, 1.54) is 0 Å². The van der Waals surface area contributed by atoms with Crippen LogP contribution < -0.4 is 0 Å². The third kappa shape index (κ3) is 2.05. The average molecular weight is 221 g/mol. The van der Waals surface area contributed by atoms with Gasteiger partial charge in [-0.15, -0.1) is 11.7 Å². The van der Waals surface area contributed by atoms with Crippen LogP contribution in [0, 0.1) is 0 Å². The highest BCUT2D eigenvalue weighted by molar-refractivity contribution is 6.30. The van der Waals surface area contributed by atoms with E-state index in [9.17, 15) is 0 Å². The average Bonchev–Trinajstić information content (AvgIpc) is 2.71. The molecule has 0 amide bonds. The van der Waals surface area contributed by atoms with Crippen molar-refractivity contribution < 1.29 is 0 Å². The molecule has 1 aromatic carbocycles. The monoisotopic (exact) mass is 220 g/mol. The van der Waals surface area contributed by atoms with Gasteiger partial charge in [-0.3, -0.25) is 0 Å². The fourth-order valence-electron chi connectivity index (χ4n) is 1.37. The van der Waals surface area contributed by atoms with E-state index in [1.807, 2.05) is 24.3 Å². The number of tetrazole rings is 1. The van der Waals surface area contributed by atoms with Gasteiger partial charge in [-0.1, -0.05) is 17.7 Å². The molecule has 0 N–H and O–H groups in total.